The van der Waals surface area contributed by atoms with Crippen molar-refractivity contribution in [1.29, 1.82) is 0 Å². The van der Waals surface area contributed by atoms with Gasteiger partial charge in [-0.1, -0.05) is 39.7 Å². The van der Waals surface area contributed by atoms with Crippen LogP contribution in [0.25, 0.3) is 0 Å². The van der Waals surface area contributed by atoms with Crippen LogP contribution < -0.4 is 4.74 Å². The van der Waals surface area contributed by atoms with E-state index in [-0.39, 0.29) is 5.78 Å². The van der Waals surface area contributed by atoms with Gasteiger partial charge >= 0.3 is 0 Å². The molecule has 0 spiro atoms. The number of carbonyl (C=O) groups excluding carboxylic acids is 1. The number of hydrogen-bond donors (Lipinski definition) is 0. The molecule has 0 aromatic heterocycles. The van der Waals surface area contributed by atoms with Gasteiger partial charge in [0.25, 0.3) is 0 Å². The Labute approximate surface area is 138 Å². The van der Waals surface area contributed by atoms with Gasteiger partial charge in [0.2, 0.25) is 0 Å². The third kappa shape index (κ3) is 3.47. The molecule has 0 radical (unpaired) electrons. The fourth-order valence-electron chi connectivity index (χ4n) is 2.33. The standard InChI is InChI=1S/C17H16BrClO2/c1-10-8-14(18)11(2)16(17(10)21-3)15(20)9-12-4-6-13(19)7-5-12/h4-8H,9H2,1-3H3. The lowest BCUT2D eigenvalue weighted by molar-refractivity contribution is 0.0989. The highest BCUT2D eigenvalue weighted by Crippen LogP contribution is 2.33. The van der Waals surface area contributed by atoms with Crippen molar-refractivity contribution >= 4 is 33.3 Å². The van der Waals surface area contributed by atoms with Crippen LogP contribution >= 0.6 is 27.5 Å². The molecule has 0 N–H and O–H groups in total. The predicted octanol–water partition coefficient (Wildman–Crippen LogP) is 5.15. The van der Waals surface area contributed by atoms with Gasteiger partial charge in [-0.25, -0.2) is 0 Å². The van der Waals surface area contributed by atoms with Crippen molar-refractivity contribution in [2.24, 2.45) is 0 Å². The Morgan fingerprint density at radius 3 is 2.43 bits per heavy atom. The Bertz CT molecular complexity index is 678. The molecule has 0 amide bonds. The Morgan fingerprint density at radius 2 is 1.86 bits per heavy atom. The number of carbonyl (C=O) groups is 1. The van der Waals surface area contributed by atoms with E-state index in [1.807, 2.05) is 32.0 Å². The van der Waals surface area contributed by atoms with Gasteiger partial charge < -0.3 is 4.74 Å². The molecule has 4 heteroatoms. The van der Waals surface area contributed by atoms with E-state index in [9.17, 15) is 4.79 Å². The van der Waals surface area contributed by atoms with Gasteiger partial charge in [-0.15, -0.1) is 0 Å². The molecule has 0 aliphatic rings. The lowest BCUT2D eigenvalue weighted by Gasteiger charge is -2.15. The van der Waals surface area contributed by atoms with Crippen molar-refractivity contribution in [3.63, 3.8) is 0 Å². The highest BCUT2D eigenvalue weighted by Gasteiger charge is 2.19. The Balaban J connectivity index is 2.41. The summed E-state index contributed by atoms with van der Waals surface area (Å²) in [6, 6.07) is 9.29. The van der Waals surface area contributed by atoms with Crippen molar-refractivity contribution in [2.45, 2.75) is 20.3 Å². The molecular weight excluding hydrogens is 352 g/mol. The van der Waals surface area contributed by atoms with Gasteiger partial charge in [0.15, 0.2) is 5.78 Å². The number of aryl methyl sites for hydroxylation is 1. The molecule has 0 saturated carbocycles. The summed E-state index contributed by atoms with van der Waals surface area (Å²) in [6.45, 7) is 3.85. The molecule has 0 saturated heterocycles. The number of halogens is 2. The molecule has 0 heterocycles. The average molecular weight is 368 g/mol. The Morgan fingerprint density at radius 1 is 1.24 bits per heavy atom. The van der Waals surface area contributed by atoms with Crippen LogP contribution in [-0.4, -0.2) is 12.9 Å². The summed E-state index contributed by atoms with van der Waals surface area (Å²) in [7, 11) is 1.59. The molecule has 2 aromatic carbocycles. The fraction of sp³-hybridized carbons (Fsp3) is 0.235. The fourth-order valence-corrected chi connectivity index (χ4v) is 2.99. The third-order valence-corrected chi connectivity index (χ3v) is 4.50. The van der Waals surface area contributed by atoms with Crippen molar-refractivity contribution < 1.29 is 9.53 Å². The molecule has 110 valence electrons. The summed E-state index contributed by atoms with van der Waals surface area (Å²) in [5.74, 6) is 0.686. The van der Waals surface area contributed by atoms with Gasteiger partial charge in [-0.3, -0.25) is 4.79 Å². The van der Waals surface area contributed by atoms with Crippen LogP contribution in [0.15, 0.2) is 34.8 Å². The lowest BCUT2D eigenvalue weighted by atomic mass is 9.96. The first-order valence-corrected chi connectivity index (χ1v) is 7.72. The topological polar surface area (TPSA) is 26.3 Å². The number of rotatable bonds is 4. The van der Waals surface area contributed by atoms with Gasteiger partial charge in [-0.2, -0.15) is 0 Å². The molecular formula is C17H16BrClO2. The van der Waals surface area contributed by atoms with Crippen LogP contribution in [0.5, 0.6) is 5.75 Å². The molecule has 0 unspecified atom stereocenters. The number of ether oxygens (including phenoxy) is 1. The second-order valence-electron chi connectivity index (χ2n) is 4.93. The molecule has 21 heavy (non-hydrogen) atoms. The van der Waals surface area contributed by atoms with Crippen LogP contribution in [0, 0.1) is 13.8 Å². The molecule has 2 aromatic rings. The zero-order valence-electron chi connectivity index (χ0n) is 12.2. The molecule has 0 fully saturated rings. The van der Waals surface area contributed by atoms with Crippen LogP contribution in [0.4, 0.5) is 0 Å². The van der Waals surface area contributed by atoms with E-state index in [0.717, 1.165) is 21.2 Å². The molecule has 0 aliphatic carbocycles. The number of benzene rings is 2. The van der Waals surface area contributed by atoms with Crippen LogP contribution in [0.2, 0.25) is 5.02 Å². The summed E-state index contributed by atoms with van der Waals surface area (Å²) in [6.07, 6.45) is 0.324. The normalized spacial score (nSPS) is 10.5. The predicted molar refractivity (Wildman–Crippen MR) is 89.7 cm³/mol. The maximum absolute atomic E-state index is 12.7. The minimum Gasteiger partial charge on any atom is -0.496 e. The van der Waals surface area contributed by atoms with Crippen LogP contribution in [0.1, 0.15) is 27.0 Å². The maximum Gasteiger partial charge on any atom is 0.171 e. The Hall–Kier alpha value is -1.32. The summed E-state index contributed by atoms with van der Waals surface area (Å²) < 4.78 is 6.34. The number of methoxy groups -OCH3 is 1. The third-order valence-electron chi connectivity index (χ3n) is 3.42. The van der Waals surface area contributed by atoms with Gasteiger partial charge in [-0.05, 0) is 48.7 Å². The number of ketones is 1. The van der Waals surface area contributed by atoms with Crippen molar-refractivity contribution in [3.8, 4) is 5.75 Å². The summed E-state index contributed by atoms with van der Waals surface area (Å²) in [4.78, 5) is 12.7. The second-order valence-corrected chi connectivity index (χ2v) is 6.23. The average Bonchev–Trinajstić information content (AvgIpc) is 2.44. The van der Waals surface area contributed by atoms with Crippen molar-refractivity contribution in [3.05, 3.63) is 62.1 Å². The van der Waals surface area contributed by atoms with Crippen molar-refractivity contribution in [1.82, 2.24) is 0 Å². The Kier molecular flexibility index (Phi) is 5.07. The highest BCUT2D eigenvalue weighted by molar-refractivity contribution is 9.10. The lowest BCUT2D eigenvalue weighted by Crippen LogP contribution is -2.09. The summed E-state index contributed by atoms with van der Waals surface area (Å²) in [5.41, 5.74) is 3.41. The SMILES string of the molecule is COc1c(C)cc(Br)c(C)c1C(=O)Cc1ccc(Cl)cc1. The second kappa shape index (κ2) is 6.63. The smallest absolute Gasteiger partial charge is 0.171 e. The molecule has 0 bridgehead atoms. The quantitative estimate of drug-likeness (QED) is 0.698. The minimum atomic E-state index is 0.0380. The van der Waals surface area contributed by atoms with E-state index in [0.29, 0.717) is 22.8 Å². The molecule has 0 aliphatic heterocycles. The van der Waals surface area contributed by atoms with E-state index >= 15 is 0 Å². The molecule has 0 atom stereocenters. The number of hydrogen-bond acceptors (Lipinski definition) is 2. The molecule has 2 nitrogen and oxygen atoms in total. The van der Waals surface area contributed by atoms with Crippen molar-refractivity contribution in [2.75, 3.05) is 7.11 Å². The van der Waals surface area contributed by atoms with E-state index in [1.165, 1.54) is 0 Å². The number of Topliss-reactive ketones (excluding diaryl/α,β-unsaturated/α-hetero) is 1. The first kappa shape index (κ1) is 16.1. The maximum atomic E-state index is 12.7. The zero-order chi connectivity index (χ0) is 15.6. The summed E-state index contributed by atoms with van der Waals surface area (Å²) in [5, 5.41) is 0.665. The minimum absolute atomic E-state index is 0.0380. The largest absolute Gasteiger partial charge is 0.496 e. The van der Waals surface area contributed by atoms with E-state index in [1.54, 1.807) is 19.2 Å². The van der Waals surface area contributed by atoms with E-state index < -0.39 is 0 Å². The van der Waals surface area contributed by atoms with Gasteiger partial charge in [0, 0.05) is 15.9 Å². The molecule has 2 rings (SSSR count). The highest BCUT2D eigenvalue weighted by atomic mass is 79.9. The zero-order valence-corrected chi connectivity index (χ0v) is 14.5. The first-order chi connectivity index (χ1) is 9.93. The van der Waals surface area contributed by atoms with E-state index in [2.05, 4.69) is 15.9 Å². The van der Waals surface area contributed by atoms with Gasteiger partial charge in [0.1, 0.15) is 5.75 Å². The van der Waals surface area contributed by atoms with Crippen LogP contribution in [-0.2, 0) is 6.42 Å². The van der Waals surface area contributed by atoms with Gasteiger partial charge in [0.05, 0.1) is 12.7 Å². The van der Waals surface area contributed by atoms with E-state index in [4.69, 9.17) is 16.3 Å². The monoisotopic (exact) mass is 366 g/mol. The summed E-state index contributed by atoms with van der Waals surface area (Å²) >= 11 is 9.37. The first-order valence-electron chi connectivity index (χ1n) is 6.55. The van der Waals surface area contributed by atoms with Crippen LogP contribution in [0.3, 0.4) is 0 Å².